The number of cyclic esters (lactones) is 2. The average Bonchev–Trinajstić information content (AvgIpc) is 2.79. The zero-order valence-electron chi connectivity index (χ0n) is 20.5. The van der Waals surface area contributed by atoms with E-state index in [2.05, 4.69) is 12.2 Å². The van der Waals surface area contributed by atoms with E-state index in [4.69, 9.17) is 9.47 Å². The zero-order valence-corrected chi connectivity index (χ0v) is 20.5. The molecule has 0 saturated carbocycles. The van der Waals surface area contributed by atoms with Gasteiger partial charge in [-0.2, -0.15) is 0 Å². The van der Waals surface area contributed by atoms with E-state index in [9.17, 15) is 9.59 Å². The maximum absolute atomic E-state index is 11.7. The van der Waals surface area contributed by atoms with Gasteiger partial charge in [0, 0.05) is 0 Å². The van der Waals surface area contributed by atoms with E-state index in [1.807, 2.05) is 0 Å². The molecule has 0 bridgehead atoms. The van der Waals surface area contributed by atoms with Crippen molar-refractivity contribution in [1.82, 2.24) is 0 Å². The van der Waals surface area contributed by atoms with Crippen molar-refractivity contribution in [1.29, 1.82) is 0 Å². The number of hydrogen-bond donors (Lipinski definition) is 0. The van der Waals surface area contributed by atoms with Gasteiger partial charge in [0.1, 0.15) is 0 Å². The molecule has 1 aliphatic heterocycles. The Hall–Kier alpha value is -1.58. The molecule has 0 saturated heterocycles. The molecule has 4 heteroatoms. The van der Waals surface area contributed by atoms with Gasteiger partial charge in [-0.15, -0.1) is 0 Å². The molecular formula is C28H48O4. The third-order valence-electron chi connectivity index (χ3n) is 5.96. The monoisotopic (exact) mass is 448 g/mol. The summed E-state index contributed by atoms with van der Waals surface area (Å²) in [6.07, 6.45) is 30.8. The lowest BCUT2D eigenvalue weighted by Gasteiger charge is -2.05. The van der Waals surface area contributed by atoms with Crippen molar-refractivity contribution in [2.75, 3.05) is 13.2 Å². The number of rotatable bonds is 0. The van der Waals surface area contributed by atoms with Gasteiger partial charge in [0.2, 0.25) is 0 Å². The van der Waals surface area contributed by atoms with Crippen LogP contribution in [0.15, 0.2) is 24.3 Å². The highest BCUT2D eigenvalue weighted by atomic mass is 16.5. The third kappa shape index (κ3) is 20.3. The first-order chi connectivity index (χ1) is 15.8. The van der Waals surface area contributed by atoms with E-state index in [-0.39, 0.29) is 24.8 Å². The normalized spacial score (nSPS) is 23.9. The zero-order chi connectivity index (χ0) is 23.0. The van der Waals surface area contributed by atoms with E-state index < -0.39 is 0 Å². The smallest absolute Gasteiger partial charge is 0.309 e. The fraction of sp³-hybridized carbons (Fsp3) is 0.786. The summed E-state index contributed by atoms with van der Waals surface area (Å²) in [7, 11) is 0. The number of carbonyl (C=O) groups excluding carboxylic acids is 2. The second-order valence-corrected chi connectivity index (χ2v) is 9.03. The van der Waals surface area contributed by atoms with Gasteiger partial charge in [-0.05, 0) is 38.5 Å². The highest BCUT2D eigenvalue weighted by molar-refractivity contribution is 5.73. The minimum atomic E-state index is -0.219. The Bertz CT molecular complexity index is 466. The Morgan fingerprint density at radius 2 is 0.719 bits per heavy atom. The fourth-order valence-corrected chi connectivity index (χ4v) is 3.93. The Morgan fingerprint density at radius 1 is 0.406 bits per heavy atom. The third-order valence-corrected chi connectivity index (χ3v) is 5.96. The van der Waals surface area contributed by atoms with Gasteiger partial charge in [-0.3, -0.25) is 9.59 Å². The molecule has 32 heavy (non-hydrogen) atoms. The van der Waals surface area contributed by atoms with Gasteiger partial charge >= 0.3 is 11.9 Å². The quantitative estimate of drug-likeness (QED) is 0.278. The summed E-state index contributed by atoms with van der Waals surface area (Å²) in [5.41, 5.74) is 0. The molecule has 0 aliphatic carbocycles. The van der Waals surface area contributed by atoms with E-state index in [1.165, 1.54) is 89.9 Å². The van der Waals surface area contributed by atoms with Gasteiger partial charge in [-0.25, -0.2) is 0 Å². The minimum absolute atomic E-state index is 0.219. The van der Waals surface area contributed by atoms with Crippen molar-refractivity contribution in [2.24, 2.45) is 0 Å². The molecule has 0 aromatic heterocycles. The van der Waals surface area contributed by atoms with Crippen LogP contribution in [-0.4, -0.2) is 25.2 Å². The van der Waals surface area contributed by atoms with Crippen LogP contribution in [0.3, 0.4) is 0 Å². The maximum atomic E-state index is 11.7. The number of esters is 2. The number of hydrogen-bond acceptors (Lipinski definition) is 4. The SMILES string of the molecule is O=C1C/C=C/CC(=O)OCCCCCCCCCC/C=C\CCCCCCCCCCO1. The minimum Gasteiger partial charge on any atom is -0.465 e. The van der Waals surface area contributed by atoms with Crippen molar-refractivity contribution < 1.29 is 19.1 Å². The predicted octanol–water partition coefficient (Wildman–Crippen LogP) is 8.00. The first kappa shape index (κ1) is 28.5. The van der Waals surface area contributed by atoms with Crippen LogP contribution < -0.4 is 0 Å². The molecule has 0 unspecified atom stereocenters. The summed E-state index contributed by atoms with van der Waals surface area (Å²) in [4.78, 5) is 23.4. The second kappa shape index (κ2) is 22.6. The number of carbonyl (C=O) groups is 2. The molecule has 0 fully saturated rings. The second-order valence-electron chi connectivity index (χ2n) is 9.03. The molecule has 1 heterocycles. The lowest BCUT2D eigenvalue weighted by Crippen LogP contribution is -2.05. The number of ether oxygens (including phenoxy) is 2. The van der Waals surface area contributed by atoms with E-state index >= 15 is 0 Å². The fourth-order valence-electron chi connectivity index (χ4n) is 3.93. The molecule has 0 aromatic rings. The summed E-state index contributed by atoms with van der Waals surface area (Å²) in [6, 6.07) is 0. The first-order valence-electron chi connectivity index (χ1n) is 13.4. The Kier molecular flexibility index (Phi) is 20.1. The summed E-state index contributed by atoms with van der Waals surface area (Å²) < 4.78 is 10.5. The Morgan fingerprint density at radius 3 is 1.09 bits per heavy atom. The van der Waals surface area contributed by atoms with Crippen LogP contribution in [-0.2, 0) is 19.1 Å². The van der Waals surface area contributed by atoms with Crippen molar-refractivity contribution >= 4 is 11.9 Å². The van der Waals surface area contributed by atoms with Crippen molar-refractivity contribution in [2.45, 2.75) is 128 Å². The molecule has 0 spiro atoms. The predicted molar refractivity (Wildman–Crippen MR) is 133 cm³/mol. The highest BCUT2D eigenvalue weighted by Crippen LogP contribution is 2.12. The van der Waals surface area contributed by atoms with Crippen LogP contribution in [0.25, 0.3) is 0 Å². The highest BCUT2D eigenvalue weighted by Gasteiger charge is 2.02. The van der Waals surface area contributed by atoms with Crippen LogP contribution in [0.1, 0.15) is 128 Å². The van der Waals surface area contributed by atoms with Crippen LogP contribution in [0, 0.1) is 0 Å². The molecule has 4 nitrogen and oxygen atoms in total. The largest absolute Gasteiger partial charge is 0.465 e. The molecule has 0 N–H and O–H groups in total. The summed E-state index contributed by atoms with van der Waals surface area (Å²) >= 11 is 0. The Balaban J connectivity index is 2.20. The van der Waals surface area contributed by atoms with Crippen LogP contribution in [0.5, 0.6) is 0 Å². The molecule has 0 aromatic carbocycles. The molecule has 0 atom stereocenters. The summed E-state index contributed by atoms with van der Waals surface area (Å²) in [5, 5.41) is 0. The molecule has 0 amide bonds. The average molecular weight is 449 g/mol. The standard InChI is InChI=1S/C28H48O4/c29-27-23-19-20-24-28(30)32-26-22-18-16-14-12-10-8-6-4-2-1-3-5-7-9-11-13-15-17-21-25-31-27/h1-2,19-20H,3-18,21-26H2/b2-1-,20-19+. The van der Waals surface area contributed by atoms with Gasteiger partial charge in [0.25, 0.3) is 0 Å². The summed E-state index contributed by atoms with van der Waals surface area (Å²) in [5.74, 6) is -0.438. The molecule has 184 valence electrons. The van der Waals surface area contributed by atoms with Crippen molar-refractivity contribution in [3.05, 3.63) is 24.3 Å². The van der Waals surface area contributed by atoms with E-state index in [1.54, 1.807) is 12.2 Å². The molecular weight excluding hydrogens is 400 g/mol. The van der Waals surface area contributed by atoms with Crippen LogP contribution >= 0.6 is 0 Å². The maximum Gasteiger partial charge on any atom is 0.309 e. The van der Waals surface area contributed by atoms with Gasteiger partial charge in [0.15, 0.2) is 0 Å². The van der Waals surface area contributed by atoms with Crippen LogP contribution in [0.2, 0.25) is 0 Å². The van der Waals surface area contributed by atoms with Crippen molar-refractivity contribution in [3.63, 3.8) is 0 Å². The summed E-state index contributed by atoms with van der Waals surface area (Å²) in [6.45, 7) is 1.00. The molecule has 1 aliphatic rings. The lowest BCUT2D eigenvalue weighted by molar-refractivity contribution is -0.144. The molecule has 1 rings (SSSR count). The van der Waals surface area contributed by atoms with Crippen LogP contribution in [0.4, 0.5) is 0 Å². The van der Waals surface area contributed by atoms with Gasteiger partial charge in [-0.1, -0.05) is 101 Å². The lowest BCUT2D eigenvalue weighted by atomic mass is 10.1. The van der Waals surface area contributed by atoms with E-state index in [0.717, 1.165) is 25.7 Å². The topological polar surface area (TPSA) is 52.6 Å². The first-order valence-corrected chi connectivity index (χ1v) is 13.4. The Labute approximate surface area is 197 Å². The van der Waals surface area contributed by atoms with Gasteiger partial charge < -0.3 is 9.47 Å². The van der Waals surface area contributed by atoms with E-state index in [0.29, 0.717) is 13.2 Å². The van der Waals surface area contributed by atoms with Gasteiger partial charge in [0.05, 0.1) is 26.1 Å². The molecule has 0 radical (unpaired) electrons. The van der Waals surface area contributed by atoms with Crippen molar-refractivity contribution in [3.8, 4) is 0 Å². The number of allylic oxidation sites excluding steroid dienone is 2.